The molecular weight excluding hydrogens is 424 g/mol. The first-order valence-corrected chi connectivity index (χ1v) is 13.0. The number of rotatable bonds is 3. The van der Waals surface area contributed by atoms with Gasteiger partial charge >= 0.3 is 0 Å². The fourth-order valence-electron chi connectivity index (χ4n) is 4.30. The number of sulfonamides is 1. The third-order valence-electron chi connectivity index (χ3n) is 5.69. The van der Waals surface area contributed by atoms with E-state index in [2.05, 4.69) is 13.8 Å². The molecule has 29 heavy (non-hydrogen) atoms. The smallest absolute Gasteiger partial charge is 0.264 e. The molecule has 2 aromatic rings. The van der Waals surface area contributed by atoms with Crippen molar-refractivity contribution >= 4 is 50.8 Å². The molecule has 0 aliphatic carbocycles. The molecule has 2 unspecified atom stereocenters. The van der Waals surface area contributed by atoms with Gasteiger partial charge in [-0.3, -0.25) is 9.10 Å². The van der Waals surface area contributed by atoms with Crippen molar-refractivity contribution in [2.75, 3.05) is 22.3 Å². The van der Waals surface area contributed by atoms with Gasteiger partial charge in [-0.1, -0.05) is 26.0 Å². The highest BCUT2D eigenvalue weighted by molar-refractivity contribution is 8.00. The SMILES string of the molecule is CCC1CN(S(=O)(=O)c2ccc3c4c2CC(=O)N4CC(C)S3)c2ccccc2S1. The van der Waals surface area contributed by atoms with Crippen LogP contribution in [0.2, 0.25) is 0 Å². The van der Waals surface area contributed by atoms with Crippen molar-refractivity contribution in [3.8, 4) is 0 Å². The number of carbonyl (C=O) groups excluding carboxylic acids is 1. The Morgan fingerprint density at radius 3 is 2.66 bits per heavy atom. The summed E-state index contributed by atoms with van der Waals surface area (Å²) in [6, 6.07) is 11.3. The van der Waals surface area contributed by atoms with E-state index < -0.39 is 10.0 Å². The molecule has 0 fully saturated rings. The van der Waals surface area contributed by atoms with Gasteiger partial charge in [0.1, 0.15) is 0 Å². The van der Waals surface area contributed by atoms with Crippen molar-refractivity contribution in [3.05, 3.63) is 42.0 Å². The summed E-state index contributed by atoms with van der Waals surface area (Å²) >= 11 is 3.46. The van der Waals surface area contributed by atoms with Crippen LogP contribution in [-0.4, -0.2) is 37.9 Å². The molecule has 0 aromatic heterocycles. The Balaban J connectivity index is 1.65. The molecular formula is C21H22N2O3S3. The van der Waals surface area contributed by atoms with Crippen LogP contribution < -0.4 is 9.21 Å². The number of anilines is 2. The van der Waals surface area contributed by atoms with Crippen LogP contribution in [-0.2, 0) is 21.2 Å². The van der Waals surface area contributed by atoms with Gasteiger partial charge in [-0.25, -0.2) is 8.42 Å². The topological polar surface area (TPSA) is 57.7 Å². The van der Waals surface area contributed by atoms with Gasteiger partial charge in [0.05, 0.1) is 22.7 Å². The molecule has 152 valence electrons. The molecule has 0 saturated heterocycles. The Kier molecular flexibility index (Phi) is 4.64. The second kappa shape index (κ2) is 6.96. The number of fused-ring (bicyclic) bond motifs is 1. The van der Waals surface area contributed by atoms with E-state index in [1.54, 1.807) is 38.8 Å². The average molecular weight is 447 g/mol. The lowest BCUT2D eigenvalue weighted by atomic mass is 10.1. The minimum Gasteiger partial charge on any atom is -0.310 e. The van der Waals surface area contributed by atoms with Gasteiger partial charge in [0.2, 0.25) is 5.91 Å². The zero-order valence-corrected chi connectivity index (χ0v) is 18.7. The van der Waals surface area contributed by atoms with Gasteiger partial charge < -0.3 is 4.90 Å². The number of para-hydroxylation sites is 1. The van der Waals surface area contributed by atoms with Gasteiger partial charge in [0.15, 0.2) is 0 Å². The van der Waals surface area contributed by atoms with Gasteiger partial charge in [0.25, 0.3) is 10.0 Å². The van der Waals surface area contributed by atoms with Crippen molar-refractivity contribution in [2.45, 2.75) is 51.9 Å². The number of carbonyl (C=O) groups is 1. The predicted molar refractivity (Wildman–Crippen MR) is 119 cm³/mol. The summed E-state index contributed by atoms with van der Waals surface area (Å²) in [4.78, 5) is 16.7. The van der Waals surface area contributed by atoms with Gasteiger partial charge in [0, 0.05) is 38.9 Å². The highest BCUT2D eigenvalue weighted by Crippen LogP contribution is 2.48. The van der Waals surface area contributed by atoms with Crippen LogP contribution in [0.5, 0.6) is 0 Å². The molecule has 3 heterocycles. The minimum absolute atomic E-state index is 0.00270. The molecule has 3 aliphatic rings. The second-order valence-corrected chi connectivity index (χ2v) is 12.3. The number of amides is 1. The quantitative estimate of drug-likeness (QED) is 0.709. The third-order valence-corrected chi connectivity index (χ3v) is 10.1. The maximum atomic E-state index is 13.8. The van der Waals surface area contributed by atoms with E-state index in [1.165, 1.54) is 0 Å². The lowest BCUT2D eigenvalue weighted by molar-refractivity contribution is -0.117. The van der Waals surface area contributed by atoms with E-state index in [1.807, 2.05) is 30.3 Å². The zero-order valence-electron chi connectivity index (χ0n) is 16.3. The zero-order chi connectivity index (χ0) is 20.3. The second-order valence-electron chi connectivity index (χ2n) is 7.65. The maximum absolute atomic E-state index is 13.8. The summed E-state index contributed by atoms with van der Waals surface area (Å²) in [5.74, 6) is -0.00270. The molecule has 2 aromatic carbocycles. The predicted octanol–water partition coefficient (Wildman–Crippen LogP) is 4.15. The van der Waals surface area contributed by atoms with Crippen LogP contribution >= 0.6 is 23.5 Å². The van der Waals surface area contributed by atoms with Crippen LogP contribution in [0.15, 0.2) is 51.1 Å². The Hall–Kier alpha value is -1.64. The molecule has 0 bridgehead atoms. The molecule has 0 radical (unpaired) electrons. The average Bonchev–Trinajstić information content (AvgIpc) is 3.04. The van der Waals surface area contributed by atoms with Crippen LogP contribution in [0, 0.1) is 0 Å². The first-order valence-electron chi connectivity index (χ1n) is 9.81. The number of hydrogen-bond acceptors (Lipinski definition) is 5. The maximum Gasteiger partial charge on any atom is 0.264 e. The largest absolute Gasteiger partial charge is 0.310 e. The molecule has 0 N–H and O–H groups in total. The van der Waals surface area contributed by atoms with E-state index in [4.69, 9.17) is 0 Å². The molecule has 8 heteroatoms. The summed E-state index contributed by atoms with van der Waals surface area (Å²) in [6.07, 6.45) is 1.05. The third kappa shape index (κ3) is 2.99. The first-order chi connectivity index (χ1) is 13.9. The van der Waals surface area contributed by atoms with Crippen molar-refractivity contribution in [1.82, 2.24) is 0 Å². The Morgan fingerprint density at radius 1 is 1.07 bits per heavy atom. The molecule has 2 atom stereocenters. The number of benzene rings is 2. The van der Waals surface area contributed by atoms with Crippen LogP contribution in [0.3, 0.4) is 0 Å². The summed E-state index contributed by atoms with van der Waals surface area (Å²) < 4.78 is 29.2. The summed E-state index contributed by atoms with van der Waals surface area (Å²) in [6.45, 7) is 5.26. The van der Waals surface area contributed by atoms with Crippen LogP contribution in [0.4, 0.5) is 11.4 Å². The van der Waals surface area contributed by atoms with Crippen molar-refractivity contribution < 1.29 is 13.2 Å². The number of nitrogens with zero attached hydrogens (tertiary/aromatic N) is 2. The fraction of sp³-hybridized carbons (Fsp3) is 0.381. The van der Waals surface area contributed by atoms with E-state index in [0.29, 0.717) is 23.9 Å². The Bertz CT molecular complexity index is 1120. The van der Waals surface area contributed by atoms with Gasteiger partial charge in [-0.05, 0) is 30.7 Å². The normalized spacial score (nSPS) is 23.2. The monoisotopic (exact) mass is 446 g/mol. The van der Waals surface area contributed by atoms with Gasteiger partial charge in [-0.2, -0.15) is 0 Å². The van der Waals surface area contributed by atoms with Crippen molar-refractivity contribution in [3.63, 3.8) is 0 Å². The van der Waals surface area contributed by atoms with E-state index in [0.717, 1.165) is 27.6 Å². The fourth-order valence-corrected chi connectivity index (χ4v) is 8.56. The van der Waals surface area contributed by atoms with Crippen molar-refractivity contribution in [1.29, 1.82) is 0 Å². The molecule has 5 rings (SSSR count). The van der Waals surface area contributed by atoms with Gasteiger partial charge in [-0.15, -0.1) is 23.5 Å². The molecule has 1 amide bonds. The molecule has 5 nitrogen and oxygen atoms in total. The molecule has 3 aliphatic heterocycles. The van der Waals surface area contributed by atoms with E-state index in [-0.39, 0.29) is 22.5 Å². The summed E-state index contributed by atoms with van der Waals surface area (Å²) in [5, 5.41) is 0.511. The molecule has 0 saturated carbocycles. The minimum atomic E-state index is -3.77. The number of thioether (sulfide) groups is 2. The van der Waals surface area contributed by atoms with Crippen LogP contribution in [0.1, 0.15) is 25.8 Å². The highest BCUT2D eigenvalue weighted by Gasteiger charge is 2.41. The van der Waals surface area contributed by atoms with Crippen LogP contribution in [0.25, 0.3) is 0 Å². The first kappa shape index (κ1) is 19.3. The lowest BCUT2D eigenvalue weighted by Gasteiger charge is -2.35. The summed E-state index contributed by atoms with van der Waals surface area (Å²) in [5.41, 5.74) is 2.21. The summed E-state index contributed by atoms with van der Waals surface area (Å²) in [7, 11) is -3.77. The number of hydrogen-bond donors (Lipinski definition) is 0. The molecule has 0 spiro atoms. The van der Waals surface area contributed by atoms with E-state index >= 15 is 0 Å². The highest BCUT2D eigenvalue weighted by atomic mass is 32.2. The van der Waals surface area contributed by atoms with Crippen molar-refractivity contribution in [2.24, 2.45) is 0 Å². The Labute approximate surface area is 179 Å². The van der Waals surface area contributed by atoms with E-state index in [9.17, 15) is 13.2 Å². The standard InChI is InChI=1S/C21H22N2O3S3/c1-3-14-12-23(16-6-4-5-7-17(16)28-14)29(25,26)19-9-8-18-21-15(19)10-20(24)22(21)11-13(2)27-18/h4-9,13-14H,3,10-12H2,1-2H3. The Morgan fingerprint density at radius 2 is 1.86 bits per heavy atom. The lowest BCUT2D eigenvalue weighted by Crippen LogP contribution is -2.39.